The van der Waals surface area contributed by atoms with Gasteiger partial charge in [-0.2, -0.15) is 5.10 Å². The molecule has 1 N–H and O–H groups in total. The first-order valence-corrected chi connectivity index (χ1v) is 8.70. The van der Waals surface area contributed by atoms with Gasteiger partial charge in [0, 0.05) is 18.0 Å². The van der Waals surface area contributed by atoms with Gasteiger partial charge in [0.05, 0.1) is 19.7 Å². The van der Waals surface area contributed by atoms with E-state index in [0.717, 1.165) is 23.3 Å². The summed E-state index contributed by atoms with van der Waals surface area (Å²) in [5.74, 6) is 0.733. The molecular formula is C21H23N3O2. The normalized spacial score (nSPS) is 11.8. The van der Waals surface area contributed by atoms with Gasteiger partial charge in [0.2, 0.25) is 0 Å². The topological polar surface area (TPSA) is 56.2 Å². The Balaban J connectivity index is 1.71. The quantitative estimate of drug-likeness (QED) is 0.705. The van der Waals surface area contributed by atoms with Crippen LogP contribution in [0, 0.1) is 0 Å². The molecule has 0 radical (unpaired) electrons. The summed E-state index contributed by atoms with van der Waals surface area (Å²) in [5.41, 5.74) is 2.76. The molecule has 0 spiro atoms. The van der Waals surface area contributed by atoms with E-state index in [0.29, 0.717) is 12.1 Å². The number of aromatic nitrogens is 2. The number of amides is 1. The number of methoxy groups -OCH3 is 1. The van der Waals surface area contributed by atoms with Gasteiger partial charge >= 0.3 is 0 Å². The molecule has 26 heavy (non-hydrogen) atoms. The molecule has 0 aliphatic heterocycles. The fraction of sp³-hybridized carbons (Fsp3) is 0.238. The summed E-state index contributed by atoms with van der Waals surface area (Å²) in [7, 11) is 1.64. The Morgan fingerprint density at radius 2 is 2.00 bits per heavy atom. The van der Waals surface area contributed by atoms with Crippen LogP contribution in [0.3, 0.4) is 0 Å². The highest BCUT2D eigenvalue weighted by Crippen LogP contribution is 2.20. The molecular weight excluding hydrogens is 326 g/mol. The van der Waals surface area contributed by atoms with Crippen molar-refractivity contribution < 1.29 is 9.53 Å². The highest BCUT2D eigenvalue weighted by atomic mass is 16.5. The number of rotatable bonds is 7. The molecule has 1 atom stereocenters. The van der Waals surface area contributed by atoms with Gasteiger partial charge in [-0.05, 0) is 47.9 Å². The largest absolute Gasteiger partial charge is 0.497 e. The van der Waals surface area contributed by atoms with E-state index in [2.05, 4.69) is 17.3 Å². The molecule has 5 heteroatoms. The lowest BCUT2D eigenvalue weighted by molar-refractivity contribution is 0.0935. The number of carbonyl (C=O) groups excluding carboxylic acids is 1. The first-order valence-electron chi connectivity index (χ1n) is 8.70. The van der Waals surface area contributed by atoms with Crippen LogP contribution in [0.25, 0.3) is 0 Å². The van der Waals surface area contributed by atoms with Crippen molar-refractivity contribution in [2.24, 2.45) is 0 Å². The maximum Gasteiger partial charge on any atom is 0.251 e. The van der Waals surface area contributed by atoms with E-state index in [-0.39, 0.29) is 11.9 Å². The number of benzene rings is 2. The van der Waals surface area contributed by atoms with Crippen LogP contribution in [-0.2, 0) is 6.54 Å². The zero-order chi connectivity index (χ0) is 18.4. The molecule has 5 nitrogen and oxygen atoms in total. The van der Waals surface area contributed by atoms with E-state index in [4.69, 9.17) is 4.74 Å². The minimum Gasteiger partial charge on any atom is -0.497 e. The lowest BCUT2D eigenvalue weighted by Gasteiger charge is -2.18. The maximum absolute atomic E-state index is 12.7. The molecule has 1 heterocycles. The van der Waals surface area contributed by atoms with E-state index >= 15 is 0 Å². The monoisotopic (exact) mass is 349 g/mol. The third kappa shape index (κ3) is 4.30. The second-order valence-electron chi connectivity index (χ2n) is 6.11. The van der Waals surface area contributed by atoms with Crippen molar-refractivity contribution in [3.63, 3.8) is 0 Å². The average molecular weight is 349 g/mol. The number of hydrogen-bond donors (Lipinski definition) is 1. The Morgan fingerprint density at radius 3 is 2.65 bits per heavy atom. The van der Waals surface area contributed by atoms with Gasteiger partial charge in [0.1, 0.15) is 5.75 Å². The van der Waals surface area contributed by atoms with Gasteiger partial charge in [-0.15, -0.1) is 0 Å². The third-order valence-electron chi connectivity index (χ3n) is 4.32. The number of nitrogens with zero attached hydrogens (tertiary/aromatic N) is 2. The van der Waals surface area contributed by atoms with Crippen LogP contribution in [0.2, 0.25) is 0 Å². The van der Waals surface area contributed by atoms with Crippen molar-refractivity contribution in [3.8, 4) is 5.75 Å². The molecule has 0 bridgehead atoms. The van der Waals surface area contributed by atoms with Crippen LogP contribution < -0.4 is 10.1 Å². The SMILES string of the molecule is CC[C@@H](NC(=O)c1cccc(Cn2cccn2)c1)c1ccc(OC)cc1. The molecule has 0 fully saturated rings. The molecule has 1 amide bonds. The second-order valence-corrected chi connectivity index (χ2v) is 6.11. The molecule has 0 unspecified atom stereocenters. The summed E-state index contributed by atoms with van der Waals surface area (Å²) >= 11 is 0. The number of nitrogens with one attached hydrogen (secondary N) is 1. The zero-order valence-electron chi connectivity index (χ0n) is 15.1. The summed E-state index contributed by atoms with van der Waals surface area (Å²) in [6.45, 7) is 2.70. The molecule has 0 aliphatic carbocycles. The maximum atomic E-state index is 12.7. The summed E-state index contributed by atoms with van der Waals surface area (Å²) in [6, 6.07) is 17.3. The first kappa shape index (κ1) is 17.7. The number of carbonyl (C=O) groups is 1. The molecule has 3 rings (SSSR count). The Hall–Kier alpha value is -3.08. The fourth-order valence-corrected chi connectivity index (χ4v) is 2.89. The number of ether oxygens (including phenoxy) is 1. The van der Waals surface area contributed by atoms with Crippen molar-refractivity contribution in [1.29, 1.82) is 0 Å². The predicted octanol–water partition coefficient (Wildman–Crippen LogP) is 3.82. The lowest BCUT2D eigenvalue weighted by Crippen LogP contribution is -2.28. The molecule has 134 valence electrons. The molecule has 3 aromatic rings. The van der Waals surface area contributed by atoms with Gasteiger partial charge in [-0.3, -0.25) is 9.48 Å². The van der Waals surface area contributed by atoms with Crippen molar-refractivity contribution in [3.05, 3.63) is 83.7 Å². The highest BCUT2D eigenvalue weighted by Gasteiger charge is 2.14. The van der Waals surface area contributed by atoms with Crippen LogP contribution in [0.15, 0.2) is 67.0 Å². The average Bonchev–Trinajstić information content (AvgIpc) is 3.19. The van der Waals surface area contributed by atoms with Gasteiger partial charge in [0.15, 0.2) is 0 Å². The molecule has 1 aromatic heterocycles. The lowest BCUT2D eigenvalue weighted by atomic mass is 10.0. The second kappa shape index (κ2) is 8.34. The van der Waals surface area contributed by atoms with Crippen LogP contribution in [0.1, 0.15) is 40.9 Å². The summed E-state index contributed by atoms with van der Waals surface area (Å²) in [5, 5.41) is 7.33. The Labute approximate surface area is 153 Å². The van der Waals surface area contributed by atoms with Gasteiger partial charge < -0.3 is 10.1 Å². The van der Waals surface area contributed by atoms with E-state index in [1.54, 1.807) is 13.3 Å². The van der Waals surface area contributed by atoms with Crippen LogP contribution in [0.5, 0.6) is 5.75 Å². The van der Waals surface area contributed by atoms with Crippen molar-refractivity contribution >= 4 is 5.91 Å². The summed E-state index contributed by atoms with van der Waals surface area (Å²) < 4.78 is 7.03. The van der Waals surface area contributed by atoms with Crippen LogP contribution in [-0.4, -0.2) is 22.8 Å². The van der Waals surface area contributed by atoms with E-state index in [1.165, 1.54) is 0 Å². The standard InChI is InChI=1S/C21H23N3O2/c1-3-20(17-8-10-19(26-2)11-9-17)23-21(25)18-7-4-6-16(14-18)15-24-13-5-12-22-24/h4-14,20H,3,15H2,1-2H3,(H,23,25)/t20-/m1/s1. The van der Waals surface area contributed by atoms with E-state index in [9.17, 15) is 4.79 Å². The Morgan fingerprint density at radius 1 is 1.19 bits per heavy atom. The van der Waals surface area contributed by atoms with E-state index in [1.807, 2.05) is 65.5 Å². The molecule has 0 saturated carbocycles. The van der Waals surface area contributed by atoms with Crippen molar-refractivity contribution in [1.82, 2.24) is 15.1 Å². The van der Waals surface area contributed by atoms with Crippen LogP contribution >= 0.6 is 0 Å². The Bertz CT molecular complexity index is 842. The molecule has 2 aromatic carbocycles. The van der Waals surface area contributed by atoms with Gasteiger partial charge in [-0.1, -0.05) is 31.2 Å². The fourth-order valence-electron chi connectivity index (χ4n) is 2.89. The minimum atomic E-state index is -0.0741. The zero-order valence-corrected chi connectivity index (χ0v) is 15.1. The summed E-state index contributed by atoms with van der Waals surface area (Å²) in [6.07, 6.45) is 4.46. The first-order chi connectivity index (χ1) is 12.7. The van der Waals surface area contributed by atoms with Crippen LogP contribution in [0.4, 0.5) is 0 Å². The van der Waals surface area contributed by atoms with Crippen molar-refractivity contribution in [2.75, 3.05) is 7.11 Å². The minimum absolute atomic E-state index is 0.0387. The third-order valence-corrected chi connectivity index (χ3v) is 4.32. The molecule has 0 saturated heterocycles. The Kier molecular flexibility index (Phi) is 5.69. The molecule has 0 aliphatic rings. The summed E-state index contributed by atoms with van der Waals surface area (Å²) in [4.78, 5) is 12.7. The highest BCUT2D eigenvalue weighted by molar-refractivity contribution is 5.94. The predicted molar refractivity (Wildman–Crippen MR) is 101 cm³/mol. The number of hydrogen-bond acceptors (Lipinski definition) is 3. The van der Waals surface area contributed by atoms with Crippen molar-refractivity contribution in [2.45, 2.75) is 25.9 Å². The van der Waals surface area contributed by atoms with E-state index < -0.39 is 0 Å². The van der Waals surface area contributed by atoms with Gasteiger partial charge in [0.25, 0.3) is 5.91 Å². The smallest absolute Gasteiger partial charge is 0.251 e. The van der Waals surface area contributed by atoms with Gasteiger partial charge in [-0.25, -0.2) is 0 Å².